The Labute approximate surface area is 134 Å². The van der Waals surface area contributed by atoms with Crippen LogP contribution in [0.25, 0.3) is 11.6 Å². The highest BCUT2D eigenvalue weighted by Gasteiger charge is 2.25. The summed E-state index contributed by atoms with van der Waals surface area (Å²) in [7, 11) is -3.82. The standard InChI is InChI=1S/C17H16N2O3S/c1-10-5-11(2)7-12(6-10)8-15-14-9-13(23(18,21)22)3-4-16(14)19-17(15)20/h3-9H,1-2H3,(H,19,20)(H2,18,21,22)/b15-8-. The lowest BCUT2D eigenvalue weighted by Gasteiger charge is -2.04. The first kappa shape index (κ1) is 15.5. The third-order valence-electron chi connectivity index (χ3n) is 3.66. The molecule has 6 heteroatoms. The molecule has 1 amide bonds. The van der Waals surface area contributed by atoms with Crippen molar-refractivity contribution < 1.29 is 13.2 Å². The van der Waals surface area contributed by atoms with Gasteiger partial charge in [0.1, 0.15) is 0 Å². The average Bonchev–Trinajstić information content (AvgIpc) is 2.72. The molecule has 2 aromatic rings. The molecule has 0 spiro atoms. The molecule has 1 aliphatic rings. The van der Waals surface area contributed by atoms with Crippen LogP contribution in [0.4, 0.5) is 5.69 Å². The van der Waals surface area contributed by atoms with Crippen LogP contribution in [0.2, 0.25) is 0 Å². The quantitative estimate of drug-likeness (QED) is 0.830. The Balaban J connectivity index is 2.15. The number of primary sulfonamides is 1. The first-order chi connectivity index (χ1) is 10.7. The molecule has 118 valence electrons. The van der Waals surface area contributed by atoms with Gasteiger partial charge in [0.2, 0.25) is 10.0 Å². The first-order valence-electron chi connectivity index (χ1n) is 7.02. The molecule has 23 heavy (non-hydrogen) atoms. The summed E-state index contributed by atoms with van der Waals surface area (Å²) in [6.07, 6.45) is 1.76. The van der Waals surface area contributed by atoms with Gasteiger partial charge in [-0.15, -0.1) is 0 Å². The lowest BCUT2D eigenvalue weighted by molar-refractivity contribution is -0.110. The van der Waals surface area contributed by atoms with E-state index < -0.39 is 10.0 Å². The maximum absolute atomic E-state index is 12.2. The normalized spacial score (nSPS) is 15.6. The largest absolute Gasteiger partial charge is 0.321 e. The molecule has 0 aliphatic carbocycles. The van der Waals surface area contributed by atoms with Gasteiger partial charge in [-0.05, 0) is 43.7 Å². The number of hydrogen-bond acceptors (Lipinski definition) is 3. The molecule has 1 heterocycles. The lowest BCUT2D eigenvalue weighted by atomic mass is 10.0. The SMILES string of the molecule is Cc1cc(C)cc(/C=C2\C(=O)Nc3ccc(S(N)(=O)=O)cc32)c1. The number of anilines is 1. The third kappa shape index (κ3) is 3.04. The van der Waals surface area contributed by atoms with E-state index in [0.717, 1.165) is 16.7 Å². The van der Waals surface area contributed by atoms with Crippen LogP contribution in [-0.4, -0.2) is 14.3 Å². The molecule has 3 rings (SSSR count). The van der Waals surface area contributed by atoms with Crippen LogP contribution in [0.5, 0.6) is 0 Å². The molecule has 1 aliphatic heterocycles. The highest BCUT2D eigenvalue weighted by molar-refractivity contribution is 7.89. The Morgan fingerprint density at radius 3 is 2.30 bits per heavy atom. The smallest absolute Gasteiger partial charge is 0.256 e. The zero-order chi connectivity index (χ0) is 16.8. The summed E-state index contributed by atoms with van der Waals surface area (Å²) in [5.74, 6) is -0.259. The second kappa shape index (κ2) is 5.33. The van der Waals surface area contributed by atoms with Crippen LogP contribution in [-0.2, 0) is 14.8 Å². The summed E-state index contributed by atoms with van der Waals surface area (Å²) in [6, 6.07) is 10.3. The molecule has 5 nitrogen and oxygen atoms in total. The van der Waals surface area contributed by atoms with Gasteiger partial charge in [0.25, 0.3) is 5.91 Å². The van der Waals surface area contributed by atoms with E-state index in [1.165, 1.54) is 12.1 Å². The van der Waals surface area contributed by atoms with Gasteiger partial charge in [-0.2, -0.15) is 0 Å². The van der Waals surface area contributed by atoms with Crippen molar-refractivity contribution in [2.75, 3.05) is 5.32 Å². The predicted octanol–water partition coefficient (Wildman–Crippen LogP) is 2.44. The summed E-state index contributed by atoms with van der Waals surface area (Å²) in [6.45, 7) is 3.97. The highest BCUT2D eigenvalue weighted by Crippen LogP contribution is 2.34. The Kier molecular flexibility index (Phi) is 3.58. The fourth-order valence-corrected chi connectivity index (χ4v) is 3.29. The van der Waals surface area contributed by atoms with Crippen LogP contribution >= 0.6 is 0 Å². The predicted molar refractivity (Wildman–Crippen MR) is 90.2 cm³/mol. The number of fused-ring (bicyclic) bond motifs is 1. The molecule has 2 aromatic carbocycles. The Hall–Kier alpha value is -2.44. The van der Waals surface area contributed by atoms with E-state index >= 15 is 0 Å². The fourth-order valence-electron chi connectivity index (χ4n) is 2.75. The van der Waals surface area contributed by atoms with E-state index in [9.17, 15) is 13.2 Å². The molecular formula is C17H16N2O3S. The first-order valence-corrected chi connectivity index (χ1v) is 8.57. The number of carbonyl (C=O) groups excluding carboxylic acids is 1. The van der Waals surface area contributed by atoms with Crippen molar-refractivity contribution in [3.05, 3.63) is 58.7 Å². The van der Waals surface area contributed by atoms with Gasteiger partial charge >= 0.3 is 0 Å². The Morgan fingerprint density at radius 1 is 1.04 bits per heavy atom. The van der Waals surface area contributed by atoms with Gasteiger partial charge in [0, 0.05) is 16.8 Å². The zero-order valence-corrected chi connectivity index (χ0v) is 13.6. The Morgan fingerprint density at radius 2 is 1.70 bits per heavy atom. The van der Waals surface area contributed by atoms with Crippen molar-refractivity contribution in [1.82, 2.24) is 0 Å². The van der Waals surface area contributed by atoms with E-state index in [2.05, 4.69) is 5.32 Å². The summed E-state index contributed by atoms with van der Waals surface area (Å²) in [5.41, 5.74) is 4.62. The number of benzene rings is 2. The minimum absolute atomic E-state index is 0.0147. The number of hydrogen-bond donors (Lipinski definition) is 2. The topological polar surface area (TPSA) is 89.3 Å². The second-order valence-corrected chi connectivity index (χ2v) is 7.25. The lowest BCUT2D eigenvalue weighted by Crippen LogP contribution is -2.12. The molecule has 0 fully saturated rings. The number of carbonyl (C=O) groups is 1. The zero-order valence-electron chi connectivity index (χ0n) is 12.8. The van der Waals surface area contributed by atoms with E-state index in [-0.39, 0.29) is 10.8 Å². The summed E-state index contributed by atoms with van der Waals surface area (Å²) in [5, 5.41) is 7.90. The molecule has 0 bridgehead atoms. The third-order valence-corrected chi connectivity index (χ3v) is 4.57. The molecule has 0 unspecified atom stereocenters. The molecule has 0 aromatic heterocycles. The van der Waals surface area contributed by atoms with Crippen LogP contribution in [0.1, 0.15) is 22.3 Å². The number of rotatable bonds is 2. The second-order valence-electron chi connectivity index (χ2n) is 5.69. The number of nitrogens with two attached hydrogens (primary N) is 1. The molecule has 3 N–H and O–H groups in total. The monoisotopic (exact) mass is 328 g/mol. The van der Waals surface area contributed by atoms with Crippen molar-refractivity contribution in [1.29, 1.82) is 0 Å². The Bertz CT molecular complexity index is 940. The van der Waals surface area contributed by atoms with Gasteiger partial charge in [-0.1, -0.05) is 29.3 Å². The minimum atomic E-state index is -3.82. The van der Waals surface area contributed by atoms with Gasteiger partial charge in [0.15, 0.2) is 0 Å². The van der Waals surface area contributed by atoms with Crippen molar-refractivity contribution in [3.8, 4) is 0 Å². The molecule has 0 atom stereocenters. The number of amides is 1. The van der Waals surface area contributed by atoms with Crippen molar-refractivity contribution >= 4 is 33.3 Å². The average molecular weight is 328 g/mol. The van der Waals surface area contributed by atoms with Gasteiger partial charge in [0.05, 0.1) is 4.90 Å². The van der Waals surface area contributed by atoms with E-state index in [1.54, 1.807) is 12.1 Å². The van der Waals surface area contributed by atoms with Crippen LogP contribution in [0.15, 0.2) is 41.3 Å². The summed E-state index contributed by atoms with van der Waals surface area (Å²) >= 11 is 0. The van der Waals surface area contributed by atoms with Crippen LogP contribution < -0.4 is 10.5 Å². The maximum Gasteiger partial charge on any atom is 0.256 e. The summed E-state index contributed by atoms with van der Waals surface area (Å²) < 4.78 is 23.0. The number of aryl methyl sites for hydroxylation is 2. The number of nitrogens with one attached hydrogen (secondary N) is 1. The van der Waals surface area contributed by atoms with Crippen molar-refractivity contribution in [2.24, 2.45) is 5.14 Å². The van der Waals surface area contributed by atoms with E-state index in [4.69, 9.17) is 5.14 Å². The number of sulfonamides is 1. The van der Waals surface area contributed by atoms with Gasteiger partial charge in [-0.3, -0.25) is 4.79 Å². The van der Waals surface area contributed by atoms with E-state index in [1.807, 2.05) is 32.0 Å². The fraction of sp³-hybridized carbons (Fsp3) is 0.118. The summed E-state index contributed by atoms with van der Waals surface area (Å²) in [4.78, 5) is 12.2. The minimum Gasteiger partial charge on any atom is -0.321 e. The van der Waals surface area contributed by atoms with E-state index in [0.29, 0.717) is 16.8 Å². The van der Waals surface area contributed by atoms with Crippen molar-refractivity contribution in [2.45, 2.75) is 18.7 Å². The highest BCUT2D eigenvalue weighted by atomic mass is 32.2. The van der Waals surface area contributed by atoms with Crippen molar-refractivity contribution in [3.63, 3.8) is 0 Å². The van der Waals surface area contributed by atoms with Crippen LogP contribution in [0, 0.1) is 13.8 Å². The van der Waals surface area contributed by atoms with Gasteiger partial charge in [-0.25, -0.2) is 13.6 Å². The molecule has 0 saturated heterocycles. The maximum atomic E-state index is 12.2. The molecule has 0 radical (unpaired) electrons. The molecular weight excluding hydrogens is 312 g/mol. The van der Waals surface area contributed by atoms with Crippen LogP contribution in [0.3, 0.4) is 0 Å². The molecule has 0 saturated carbocycles. The van der Waals surface area contributed by atoms with Gasteiger partial charge < -0.3 is 5.32 Å².